The molecule has 0 spiro atoms. The molecular weight excluding hydrogens is 370 g/mol. The summed E-state index contributed by atoms with van der Waals surface area (Å²) in [6, 6.07) is 18.0. The fraction of sp³-hybridized carbons (Fsp3) is 0.273. The zero-order valence-corrected chi connectivity index (χ0v) is 16.0. The maximum Gasteiger partial charge on any atom is 0.312 e. The van der Waals surface area contributed by atoms with E-state index in [1.54, 1.807) is 23.1 Å². The normalized spacial score (nSPS) is 16.8. The standard InChI is InChI=1S/C22H21N3O4/c1-15(21(27)24-19-9-5-8-17(10-19)12-23)29-22(28)18-11-20(26)25(14-18)13-16-6-3-2-4-7-16/h2-10,15,18H,11,13-14H2,1H3,(H,24,27)/t15-,18-/m1/s1. The van der Waals surface area contributed by atoms with E-state index in [1.807, 2.05) is 36.4 Å². The lowest BCUT2D eigenvalue weighted by molar-refractivity contribution is -0.157. The first kappa shape index (κ1) is 20.1. The second-order valence-corrected chi connectivity index (χ2v) is 6.92. The van der Waals surface area contributed by atoms with Gasteiger partial charge in [0.15, 0.2) is 6.10 Å². The lowest BCUT2D eigenvalue weighted by atomic mass is 10.1. The van der Waals surface area contributed by atoms with Crippen molar-refractivity contribution in [3.8, 4) is 6.07 Å². The summed E-state index contributed by atoms with van der Waals surface area (Å²) in [5, 5.41) is 11.5. The van der Waals surface area contributed by atoms with Crippen LogP contribution in [0.3, 0.4) is 0 Å². The van der Waals surface area contributed by atoms with Crippen molar-refractivity contribution in [2.75, 3.05) is 11.9 Å². The van der Waals surface area contributed by atoms with Gasteiger partial charge in [0.05, 0.1) is 17.6 Å². The summed E-state index contributed by atoms with van der Waals surface area (Å²) in [5.41, 5.74) is 1.85. The van der Waals surface area contributed by atoms with E-state index in [4.69, 9.17) is 10.00 Å². The van der Waals surface area contributed by atoms with Gasteiger partial charge in [0.25, 0.3) is 5.91 Å². The fourth-order valence-corrected chi connectivity index (χ4v) is 3.12. The van der Waals surface area contributed by atoms with Crippen molar-refractivity contribution >= 4 is 23.5 Å². The molecule has 1 fully saturated rings. The highest BCUT2D eigenvalue weighted by Gasteiger charge is 2.36. The maximum absolute atomic E-state index is 12.4. The number of amides is 2. The molecule has 1 N–H and O–H groups in total. The van der Waals surface area contributed by atoms with Crippen molar-refractivity contribution in [3.63, 3.8) is 0 Å². The molecule has 2 amide bonds. The first-order valence-electron chi connectivity index (χ1n) is 9.29. The van der Waals surface area contributed by atoms with E-state index < -0.39 is 23.9 Å². The summed E-state index contributed by atoms with van der Waals surface area (Å²) in [7, 11) is 0. The Morgan fingerprint density at radius 3 is 2.72 bits per heavy atom. The molecule has 29 heavy (non-hydrogen) atoms. The molecule has 0 saturated carbocycles. The molecule has 148 valence electrons. The maximum atomic E-state index is 12.4. The number of hydrogen-bond acceptors (Lipinski definition) is 5. The van der Waals surface area contributed by atoms with Crippen LogP contribution < -0.4 is 5.32 Å². The van der Waals surface area contributed by atoms with Crippen LogP contribution in [-0.4, -0.2) is 35.3 Å². The Hall–Kier alpha value is -3.66. The molecule has 0 radical (unpaired) electrons. The van der Waals surface area contributed by atoms with Crippen LogP contribution in [0.5, 0.6) is 0 Å². The Kier molecular flexibility index (Phi) is 6.25. The first-order valence-corrected chi connectivity index (χ1v) is 9.29. The minimum atomic E-state index is -1.02. The van der Waals surface area contributed by atoms with Gasteiger partial charge in [-0.3, -0.25) is 14.4 Å². The number of nitrogens with zero attached hydrogens (tertiary/aromatic N) is 2. The van der Waals surface area contributed by atoms with Gasteiger partial charge in [0.1, 0.15) is 0 Å². The van der Waals surface area contributed by atoms with Gasteiger partial charge in [-0.25, -0.2) is 0 Å². The Balaban J connectivity index is 1.53. The van der Waals surface area contributed by atoms with Gasteiger partial charge in [0.2, 0.25) is 5.91 Å². The SMILES string of the molecule is C[C@@H](OC(=O)[C@@H]1CC(=O)N(Cc2ccccc2)C1)C(=O)Nc1cccc(C#N)c1. The lowest BCUT2D eigenvalue weighted by Gasteiger charge is -2.18. The van der Waals surface area contributed by atoms with Crippen LogP contribution in [0.15, 0.2) is 54.6 Å². The monoisotopic (exact) mass is 391 g/mol. The van der Waals surface area contributed by atoms with E-state index in [2.05, 4.69) is 5.32 Å². The summed E-state index contributed by atoms with van der Waals surface area (Å²) in [5.74, 6) is -1.77. The molecule has 1 saturated heterocycles. The molecule has 7 nitrogen and oxygen atoms in total. The van der Waals surface area contributed by atoms with E-state index in [1.165, 1.54) is 13.0 Å². The zero-order chi connectivity index (χ0) is 20.8. The average Bonchev–Trinajstić information content (AvgIpc) is 3.09. The van der Waals surface area contributed by atoms with E-state index in [9.17, 15) is 14.4 Å². The second-order valence-electron chi connectivity index (χ2n) is 6.92. The third-order valence-corrected chi connectivity index (χ3v) is 4.69. The van der Waals surface area contributed by atoms with Crippen LogP contribution in [0.2, 0.25) is 0 Å². The molecule has 0 aromatic heterocycles. The summed E-state index contributed by atoms with van der Waals surface area (Å²) < 4.78 is 5.28. The quantitative estimate of drug-likeness (QED) is 0.763. The summed E-state index contributed by atoms with van der Waals surface area (Å²) in [6.45, 7) is 2.18. The number of rotatable bonds is 6. The highest BCUT2D eigenvalue weighted by atomic mass is 16.5. The first-order chi connectivity index (χ1) is 14.0. The van der Waals surface area contributed by atoms with Crippen LogP contribution in [0.1, 0.15) is 24.5 Å². The molecule has 7 heteroatoms. The van der Waals surface area contributed by atoms with Gasteiger partial charge in [-0.2, -0.15) is 5.26 Å². The molecule has 2 aromatic rings. The van der Waals surface area contributed by atoms with Gasteiger partial charge >= 0.3 is 5.97 Å². The number of nitrogens with one attached hydrogen (secondary N) is 1. The molecule has 0 bridgehead atoms. The van der Waals surface area contributed by atoms with E-state index in [0.717, 1.165) is 5.56 Å². The number of anilines is 1. The number of nitriles is 1. The van der Waals surface area contributed by atoms with Crippen LogP contribution in [-0.2, 0) is 25.7 Å². The zero-order valence-electron chi connectivity index (χ0n) is 16.0. The Morgan fingerprint density at radius 1 is 1.24 bits per heavy atom. The van der Waals surface area contributed by atoms with Crippen molar-refractivity contribution < 1.29 is 19.1 Å². The molecule has 0 aliphatic carbocycles. The van der Waals surface area contributed by atoms with Gasteiger partial charge in [-0.05, 0) is 30.7 Å². The van der Waals surface area contributed by atoms with Gasteiger partial charge in [-0.1, -0.05) is 36.4 Å². The molecule has 1 aliphatic rings. The Morgan fingerprint density at radius 2 is 2.00 bits per heavy atom. The second kappa shape index (κ2) is 9.02. The fourth-order valence-electron chi connectivity index (χ4n) is 3.12. The van der Waals surface area contributed by atoms with Gasteiger partial charge in [-0.15, -0.1) is 0 Å². The summed E-state index contributed by atoms with van der Waals surface area (Å²) >= 11 is 0. The topological polar surface area (TPSA) is 99.5 Å². The van der Waals surface area contributed by atoms with Crippen LogP contribution in [0.25, 0.3) is 0 Å². The third kappa shape index (κ3) is 5.20. The minimum absolute atomic E-state index is 0.0736. The smallest absolute Gasteiger partial charge is 0.312 e. The van der Waals surface area contributed by atoms with Crippen LogP contribution in [0, 0.1) is 17.2 Å². The molecule has 2 aromatic carbocycles. The van der Waals surface area contributed by atoms with Crippen LogP contribution in [0.4, 0.5) is 5.69 Å². The predicted molar refractivity (Wildman–Crippen MR) is 105 cm³/mol. The largest absolute Gasteiger partial charge is 0.452 e. The highest BCUT2D eigenvalue weighted by molar-refractivity contribution is 5.95. The third-order valence-electron chi connectivity index (χ3n) is 4.69. The molecule has 1 heterocycles. The summed E-state index contributed by atoms with van der Waals surface area (Å²) in [4.78, 5) is 38.6. The molecule has 3 rings (SSSR count). The molecule has 2 atom stereocenters. The predicted octanol–water partition coefficient (Wildman–Crippen LogP) is 2.48. The van der Waals surface area contributed by atoms with E-state index in [-0.39, 0.29) is 18.9 Å². The number of esters is 1. The minimum Gasteiger partial charge on any atom is -0.452 e. The molecule has 0 unspecified atom stereocenters. The van der Waals surface area contributed by atoms with Crippen molar-refractivity contribution in [2.24, 2.45) is 5.92 Å². The van der Waals surface area contributed by atoms with Gasteiger partial charge in [0, 0.05) is 25.2 Å². The van der Waals surface area contributed by atoms with E-state index >= 15 is 0 Å². The van der Waals surface area contributed by atoms with Crippen molar-refractivity contribution in [1.82, 2.24) is 4.90 Å². The average molecular weight is 391 g/mol. The summed E-state index contributed by atoms with van der Waals surface area (Å²) in [6.07, 6.45) is -0.948. The van der Waals surface area contributed by atoms with E-state index in [0.29, 0.717) is 17.8 Å². The number of carbonyl (C=O) groups excluding carboxylic acids is 3. The van der Waals surface area contributed by atoms with Crippen molar-refractivity contribution in [1.29, 1.82) is 5.26 Å². The number of hydrogen-bond donors (Lipinski definition) is 1. The number of benzene rings is 2. The van der Waals surface area contributed by atoms with Crippen molar-refractivity contribution in [2.45, 2.75) is 26.0 Å². The lowest BCUT2D eigenvalue weighted by Crippen LogP contribution is -2.33. The highest BCUT2D eigenvalue weighted by Crippen LogP contribution is 2.22. The van der Waals surface area contributed by atoms with Crippen LogP contribution >= 0.6 is 0 Å². The number of likely N-dealkylation sites (tertiary alicyclic amines) is 1. The molecule has 1 aliphatic heterocycles. The number of carbonyl (C=O) groups is 3. The molecular formula is C22H21N3O4. The Labute approximate surface area is 168 Å². The Bertz CT molecular complexity index is 952. The van der Waals surface area contributed by atoms with Gasteiger partial charge < -0.3 is 15.0 Å². The van der Waals surface area contributed by atoms with Crippen molar-refractivity contribution in [3.05, 3.63) is 65.7 Å². The number of ether oxygens (including phenoxy) is 1.